The number of aromatic nitrogens is 2. The van der Waals surface area contributed by atoms with Crippen molar-refractivity contribution in [1.82, 2.24) is 9.78 Å². The molecular weight excluding hydrogens is 156 g/mol. The highest BCUT2D eigenvalue weighted by molar-refractivity contribution is 4.78. The summed E-state index contributed by atoms with van der Waals surface area (Å²) in [5.74, 6) is 0. The molecule has 0 radical (unpaired) electrons. The minimum absolute atomic E-state index is 0.0184. The van der Waals surface area contributed by atoms with Crippen LogP contribution in [0.4, 0.5) is 0 Å². The molecule has 0 saturated heterocycles. The van der Waals surface area contributed by atoms with Crippen LogP contribution in [0.5, 0.6) is 0 Å². The Morgan fingerprint density at radius 3 is 2.92 bits per heavy atom. The first-order chi connectivity index (χ1) is 5.84. The van der Waals surface area contributed by atoms with E-state index in [0.717, 1.165) is 0 Å². The summed E-state index contributed by atoms with van der Waals surface area (Å²) in [6, 6.07) is 1.87. The predicted octanol–water partition coefficient (Wildman–Crippen LogP) is 1.06. The zero-order chi connectivity index (χ0) is 8.81. The fourth-order valence-corrected chi connectivity index (χ4v) is 0.874. The van der Waals surface area contributed by atoms with Crippen molar-refractivity contribution in [2.24, 2.45) is 0 Å². The van der Waals surface area contributed by atoms with Gasteiger partial charge >= 0.3 is 0 Å². The maximum atomic E-state index is 5.40. The molecule has 12 heavy (non-hydrogen) atoms. The van der Waals surface area contributed by atoms with Gasteiger partial charge in [0.05, 0.1) is 13.2 Å². The molecule has 1 aromatic heterocycles. The quantitative estimate of drug-likeness (QED) is 0.620. The Bertz CT molecular complexity index is 199. The summed E-state index contributed by atoms with van der Waals surface area (Å²) in [4.78, 5) is 0. The second-order valence-electron chi connectivity index (χ2n) is 2.45. The number of hydrogen-bond acceptors (Lipinski definition) is 3. The Labute approximate surface area is 72.1 Å². The van der Waals surface area contributed by atoms with Gasteiger partial charge in [0.1, 0.15) is 6.23 Å². The molecule has 68 valence electrons. The standard InChI is InChI=1S/C8H14N2O2/c1-8(12-7-6-11-2)10-5-3-4-9-10/h3-5,8H,6-7H2,1-2H3. The first-order valence-corrected chi connectivity index (χ1v) is 3.94. The molecule has 1 unspecified atom stereocenters. The van der Waals surface area contributed by atoms with E-state index in [1.165, 1.54) is 0 Å². The van der Waals surface area contributed by atoms with Crippen molar-refractivity contribution in [1.29, 1.82) is 0 Å². The van der Waals surface area contributed by atoms with Crippen LogP contribution >= 0.6 is 0 Å². The molecule has 0 fully saturated rings. The highest BCUT2D eigenvalue weighted by atomic mass is 16.5. The number of ether oxygens (including phenoxy) is 2. The molecule has 0 spiro atoms. The lowest BCUT2D eigenvalue weighted by atomic mass is 10.6. The van der Waals surface area contributed by atoms with Crippen LogP contribution in [0.1, 0.15) is 13.2 Å². The van der Waals surface area contributed by atoms with Gasteiger partial charge in [-0.15, -0.1) is 0 Å². The van der Waals surface area contributed by atoms with Gasteiger partial charge in [0, 0.05) is 19.5 Å². The minimum atomic E-state index is -0.0184. The van der Waals surface area contributed by atoms with Crippen LogP contribution in [0.2, 0.25) is 0 Å². The van der Waals surface area contributed by atoms with Crippen molar-refractivity contribution in [3.05, 3.63) is 18.5 Å². The van der Waals surface area contributed by atoms with Gasteiger partial charge in [-0.1, -0.05) is 0 Å². The molecule has 1 heterocycles. The Kier molecular flexibility index (Phi) is 3.76. The zero-order valence-corrected chi connectivity index (χ0v) is 7.43. The molecule has 1 atom stereocenters. The van der Waals surface area contributed by atoms with Crippen molar-refractivity contribution >= 4 is 0 Å². The van der Waals surface area contributed by atoms with Crippen LogP contribution in [0.25, 0.3) is 0 Å². The monoisotopic (exact) mass is 170 g/mol. The SMILES string of the molecule is COCCOC(C)n1cccn1. The van der Waals surface area contributed by atoms with Crippen LogP contribution in [0, 0.1) is 0 Å². The summed E-state index contributed by atoms with van der Waals surface area (Å²) in [7, 11) is 1.65. The molecule has 0 aliphatic heterocycles. The first-order valence-electron chi connectivity index (χ1n) is 3.94. The third-order valence-electron chi connectivity index (χ3n) is 1.54. The second kappa shape index (κ2) is 4.90. The lowest BCUT2D eigenvalue weighted by molar-refractivity contribution is -0.0177. The van der Waals surface area contributed by atoms with Crippen LogP contribution < -0.4 is 0 Å². The average Bonchev–Trinajstić information content (AvgIpc) is 2.56. The molecular formula is C8H14N2O2. The summed E-state index contributed by atoms with van der Waals surface area (Å²) < 4.78 is 12.0. The minimum Gasteiger partial charge on any atom is -0.382 e. The van der Waals surface area contributed by atoms with E-state index in [2.05, 4.69) is 5.10 Å². The summed E-state index contributed by atoms with van der Waals surface area (Å²) >= 11 is 0. The maximum absolute atomic E-state index is 5.40. The topological polar surface area (TPSA) is 36.3 Å². The zero-order valence-electron chi connectivity index (χ0n) is 7.43. The van der Waals surface area contributed by atoms with Crippen LogP contribution in [0.15, 0.2) is 18.5 Å². The van der Waals surface area contributed by atoms with Gasteiger partial charge in [0.25, 0.3) is 0 Å². The largest absolute Gasteiger partial charge is 0.382 e. The van der Waals surface area contributed by atoms with Gasteiger partial charge in [-0.3, -0.25) is 0 Å². The molecule has 1 aromatic rings. The average molecular weight is 170 g/mol. The van der Waals surface area contributed by atoms with Gasteiger partial charge in [0.15, 0.2) is 0 Å². The Morgan fingerprint density at radius 2 is 2.33 bits per heavy atom. The molecule has 0 aliphatic rings. The number of rotatable bonds is 5. The molecule has 0 aromatic carbocycles. The third kappa shape index (κ3) is 2.64. The molecule has 1 rings (SSSR count). The van der Waals surface area contributed by atoms with E-state index in [1.54, 1.807) is 18.0 Å². The van der Waals surface area contributed by atoms with Crippen molar-refractivity contribution in [3.8, 4) is 0 Å². The second-order valence-corrected chi connectivity index (χ2v) is 2.45. The molecule has 4 nitrogen and oxygen atoms in total. The van der Waals surface area contributed by atoms with Gasteiger partial charge in [-0.2, -0.15) is 5.10 Å². The van der Waals surface area contributed by atoms with Gasteiger partial charge in [-0.05, 0) is 13.0 Å². The van der Waals surface area contributed by atoms with E-state index in [0.29, 0.717) is 13.2 Å². The summed E-state index contributed by atoms with van der Waals surface area (Å²) in [6.45, 7) is 3.16. The molecule has 0 N–H and O–H groups in total. The molecule has 0 saturated carbocycles. The Morgan fingerprint density at radius 1 is 1.50 bits per heavy atom. The maximum Gasteiger partial charge on any atom is 0.147 e. The van der Waals surface area contributed by atoms with E-state index in [-0.39, 0.29) is 6.23 Å². The van der Waals surface area contributed by atoms with E-state index in [1.807, 2.05) is 19.2 Å². The summed E-state index contributed by atoms with van der Waals surface area (Å²) in [5, 5.41) is 4.05. The Hall–Kier alpha value is -0.870. The lowest BCUT2D eigenvalue weighted by Gasteiger charge is -2.12. The van der Waals surface area contributed by atoms with Crippen molar-refractivity contribution in [3.63, 3.8) is 0 Å². The molecule has 0 bridgehead atoms. The smallest absolute Gasteiger partial charge is 0.147 e. The van der Waals surface area contributed by atoms with E-state index in [4.69, 9.17) is 9.47 Å². The van der Waals surface area contributed by atoms with E-state index < -0.39 is 0 Å². The van der Waals surface area contributed by atoms with Crippen molar-refractivity contribution in [2.75, 3.05) is 20.3 Å². The van der Waals surface area contributed by atoms with Crippen LogP contribution in [-0.4, -0.2) is 30.1 Å². The fourth-order valence-electron chi connectivity index (χ4n) is 0.874. The molecule has 0 amide bonds. The number of hydrogen-bond donors (Lipinski definition) is 0. The van der Waals surface area contributed by atoms with Crippen molar-refractivity contribution < 1.29 is 9.47 Å². The van der Waals surface area contributed by atoms with E-state index >= 15 is 0 Å². The lowest BCUT2D eigenvalue weighted by Crippen LogP contribution is -2.12. The summed E-state index contributed by atoms with van der Waals surface area (Å²) in [5.41, 5.74) is 0. The highest BCUT2D eigenvalue weighted by Gasteiger charge is 2.02. The van der Waals surface area contributed by atoms with Crippen LogP contribution in [0.3, 0.4) is 0 Å². The number of nitrogens with zero attached hydrogens (tertiary/aromatic N) is 2. The third-order valence-corrected chi connectivity index (χ3v) is 1.54. The molecule has 0 aliphatic carbocycles. The number of methoxy groups -OCH3 is 1. The first kappa shape index (κ1) is 9.22. The highest BCUT2D eigenvalue weighted by Crippen LogP contribution is 2.03. The van der Waals surface area contributed by atoms with Crippen LogP contribution in [-0.2, 0) is 9.47 Å². The van der Waals surface area contributed by atoms with Gasteiger partial charge in [0.2, 0.25) is 0 Å². The molecule has 4 heteroatoms. The van der Waals surface area contributed by atoms with Gasteiger partial charge in [-0.25, -0.2) is 4.68 Å². The van der Waals surface area contributed by atoms with Gasteiger partial charge < -0.3 is 9.47 Å². The fraction of sp³-hybridized carbons (Fsp3) is 0.625. The Balaban J connectivity index is 2.25. The van der Waals surface area contributed by atoms with Crippen molar-refractivity contribution in [2.45, 2.75) is 13.2 Å². The summed E-state index contributed by atoms with van der Waals surface area (Å²) in [6.07, 6.45) is 3.59. The van der Waals surface area contributed by atoms with E-state index in [9.17, 15) is 0 Å². The predicted molar refractivity (Wildman–Crippen MR) is 44.8 cm³/mol. The normalized spacial score (nSPS) is 13.2.